The van der Waals surface area contributed by atoms with Gasteiger partial charge in [0.1, 0.15) is 0 Å². The first-order valence-electron chi connectivity index (χ1n) is 6.73. The summed E-state index contributed by atoms with van der Waals surface area (Å²) in [6.07, 6.45) is 0. The molecule has 0 unspecified atom stereocenters. The molecule has 3 rings (SSSR count). The molecule has 0 radical (unpaired) electrons. The quantitative estimate of drug-likeness (QED) is 0.408. The maximum absolute atomic E-state index is 12.1. The number of thioether (sulfide) groups is 1. The number of halogens is 3. The second kappa shape index (κ2) is 7.57. The van der Waals surface area contributed by atoms with E-state index >= 15 is 0 Å². The van der Waals surface area contributed by atoms with E-state index in [0.29, 0.717) is 31.4 Å². The van der Waals surface area contributed by atoms with Crippen molar-refractivity contribution in [3.05, 3.63) is 63.1 Å². The van der Waals surface area contributed by atoms with Gasteiger partial charge in [0.2, 0.25) is 5.89 Å². The fourth-order valence-electron chi connectivity index (χ4n) is 1.89. The molecule has 1 aromatic heterocycles. The molecule has 122 valence electrons. The molecule has 24 heavy (non-hydrogen) atoms. The van der Waals surface area contributed by atoms with Gasteiger partial charge in [-0.3, -0.25) is 4.79 Å². The SMILES string of the molecule is O=C(CSc1nnc(-c2ccc(Cl)cc2Cl)o1)c1ccc(Cl)cc1. The molecule has 4 nitrogen and oxygen atoms in total. The Kier molecular flexibility index (Phi) is 5.46. The first-order chi connectivity index (χ1) is 11.5. The van der Waals surface area contributed by atoms with Gasteiger partial charge in [-0.25, -0.2) is 0 Å². The van der Waals surface area contributed by atoms with E-state index in [9.17, 15) is 4.79 Å². The summed E-state index contributed by atoms with van der Waals surface area (Å²) in [5, 5.41) is 9.67. The largest absolute Gasteiger partial charge is 0.411 e. The van der Waals surface area contributed by atoms with Gasteiger partial charge in [-0.1, -0.05) is 46.6 Å². The summed E-state index contributed by atoms with van der Waals surface area (Å²) in [6.45, 7) is 0. The molecule has 0 aliphatic rings. The second-order valence-electron chi connectivity index (χ2n) is 4.72. The lowest BCUT2D eigenvalue weighted by Gasteiger charge is -2.00. The van der Waals surface area contributed by atoms with Crippen molar-refractivity contribution in [2.24, 2.45) is 0 Å². The van der Waals surface area contributed by atoms with E-state index < -0.39 is 0 Å². The fraction of sp³-hybridized carbons (Fsp3) is 0.0625. The number of benzene rings is 2. The maximum atomic E-state index is 12.1. The minimum Gasteiger partial charge on any atom is -0.411 e. The first-order valence-corrected chi connectivity index (χ1v) is 8.85. The van der Waals surface area contributed by atoms with E-state index in [1.165, 1.54) is 0 Å². The third kappa shape index (κ3) is 4.11. The van der Waals surface area contributed by atoms with Gasteiger partial charge in [0.15, 0.2) is 5.78 Å². The summed E-state index contributed by atoms with van der Waals surface area (Å²) in [5.41, 5.74) is 1.16. The average molecular weight is 400 g/mol. The van der Waals surface area contributed by atoms with Crippen molar-refractivity contribution in [1.82, 2.24) is 10.2 Å². The van der Waals surface area contributed by atoms with Crippen molar-refractivity contribution in [3.8, 4) is 11.5 Å². The van der Waals surface area contributed by atoms with E-state index in [4.69, 9.17) is 39.2 Å². The smallest absolute Gasteiger partial charge is 0.277 e. The molecule has 0 spiro atoms. The topological polar surface area (TPSA) is 56.0 Å². The maximum Gasteiger partial charge on any atom is 0.277 e. The van der Waals surface area contributed by atoms with Gasteiger partial charge in [0.05, 0.1) is 16.3 Å². The van der Waals surface area contributed by atoms with Crippen molar-refractivity contribution in [3.63, 3.8) is 0 Å². The molecule has 2 aromatic carbocycles. The third-order valence-electron chi connectivity index (χ3n) is 3.06. The van der Waals surface area contributed by atoms with Crippen molar-refractivity contribution in [2.45, 2.75) is 5.22 Å². The highest BCUT2D eigenvalue weighted by atomic mass is 35.5. The summed E-state index contributed by atoms with van der Waals surface area (Å²) in [6, 6.07) is 11.7. The molecule has 1 heterocycles. The Balaban J connectivity index is 1.68. The minimum absolute atomic E-state index is 0.0547. The Morgan fingerprint density at radius 1 is 1.00 bits per heavy atom. The van der Waals surface area contributed by atoms with Gasteiger partial charge < -0.3 is 4.42 Å². The molecule has 0 saturated carbocycles. The van der Waals surface area contributed by atoms with Crippen LogP contribution in [0.1, 0.15) is 10.4 Å². The number of hydrogen-bond acceptors (Lipinski definition) is 5. The molecular formula is C16H9Cl3N2O2S. The van der Waals surface area contributed by atoms with Crippen LogP contribution in [0.15, 0.2) is 52.1 Å². The predicted molar refractivity (Wildman–Crippen MR) is 96.3 cm³/mol. The van der Waals surface area contributed by atoms with Crippen molar-refractivity contribution >= 4 is 52.3 Å². The number of ketones is 1. The zero-order chi connectivity index (χ0) is 17.1. The average Bonchev–Trinajstić information content (AvgIpc) is 3.02. The number of carbonyl (C=O) groups is 1. The van der Waals surface area contributed by atoms with Gasteiger partial charge in [0.25, 0.3) is 5.22 Å². The van der Waals surface area contributed by atoms with E-state index in [1.54, 1.807) is 42.5 Å². The molecule has 0 fully saturated rings. The van der Waals surface area contributed by atoms with Crippen LogP contribution < -0.4 is 0 Å². The highest BCUT2D eigenvalue weighted by Gasteiger charge is 2.14. The van der Waals surface area contributed by atoms with Crippen molar-refractivity contribution in [1.29, 1.82) is 0 Å². The van der Waals surface area contributed by atoms with Crippen molar-refractivity contribution < 1.29 is 9.21 Å². The Labute approximate surface area is 157 Å². The van der Waals surface area contributed by atoms with Crippen LogP contribution in [-0.2, 0) is 0 Å². The van der Waals surface area contributed by atoms with Gasteiger partial charge in [-0.2, -0.15) is 0 Å². The molecule has 0 amide bonds. The third-order valence-corrected chi connectivity index (χ3v) is 4.68. The molecule has 0 aliphatic carbocycles. The number of aromatic nitrogens is 2. The van der Waals surface area contributed by atoms with Crippen LogP contribution >= 0.6 is 46.6 Å². The van der Waals surface area contributed by atoms with Crippen LogP contribution in [0.3, 0.4) is 0 Å². The number of carbonyl (C=O) groups excluding carboxylic acids is 1. The lowest BCUT2D eigenvalue weighted by atomic mass is 10.1. The summed E-state index contributed by atoms with van der Waals surface area (Å²) >= 11 is 18.9. The zero-order valence-corrected chi connectivity index (χ0v) is 15.1. The minimum atomic E-state index is -0.0547. The molecule has 3 aromatic rings. The van der Waals surface area contributed by atoms with Crippen LogP contribution in [0.5, 0.6) is 0 Å². The summed E-state index contributed by atoms with van der Waals surface area (Å²) in [7, 11) is 0. The molecule has 0 saturated heterocycles. The fourth-order valence-corrected chi connectivity index (χ4v) is 3.16. The number of nitrogens with zero attached hydrogens (tertiary/aromatic N) is 2. The lowest BCUT2D eigenvalue weighted by Crippen LogP contribution is -2.01. The van der Waals surface area contributed by atoms with E-state index in [0.717, 1.165) is 11.8 Å². The van der Waals surface area contributed by atoms with E-state index in [-0.39, 0.29) is 17.4 Å². The van der Waals surface area contributed by atoms with Crippen LogP contribution in [-0.4, -0.2) is 21.7 Å². The Morgan fingerprint density at radius 3 is 2.42 bits per heavy atom. The summed E-state index contributed by atoms with van der Waals surface area (Å²) in [5.74, 6) is 0.400. The molecule has 0 atom stereocenters. The Hall–Kier alpha value is -1.53. The van der Waals surface area contributed by atoms with Crippen molar-refractivity contribution in [2.75, 3.05) is 5.75 Å². The normalized spacial score (nSPS) is 10.8. The number of Topliss-reactive ketones (excluding diaryl/α,β-unsaturated/α-hetero) is 1. The highest BCUT2D eigenvalue weighted by molar-refractivity contribution is 7.99. The van der Waals surface area contributed by atoms with Gasteiger partial charge in [0, 0.05) is 15.6 Å². The van der Waals surface area contributed by atoms with Gasteiger partial charge in [-0.15, -0.1) is 10.2 Å². The Morgan fingerprint density at radius 2 is 1.71 bits per heavy atom. The molecular weight excluding hydrogens is 391 g/mol. The van der Waals surface area contributed by atoms with E-state index in [1.807, 2.05) is 0 Å². The standard InChI is InChI=1S/C16H9Cl3N2O2S/c17-10-3-1-9(2-4-10)14(22)8-24-16-21-20-15(23-16)12-6-5-11(18)7-13(12)19/h1-7H,8H2. The molecule has 0 N–H and O–H groups in total. The van der Waals surface area contributed by atoms with Crippen LogP contribution in [0.25, 0.3) is 11.5 Å². The van der Waals surface area contributed by atoms with Crippen LogP contribution in [0, 0.1) is 0 Å². The second-order valence-corrected chi connectivity index (χ2v) is 6.92. The zero-order valence-electron chi connectivity index (χ0n) is 12.0. The molecule has 8 heteroatoms. The number of hydrogen-bond donors (Lipinski definition) is 0. The Bertz CT molecular complexity index is 881. The predicted octanol–water partition coefficient (Wildman–Crippen LogP) is 5.67. The van der Waals surface area contributed by atoms with E-state index in [2.05, 4.69) is 10.2 Å². The first kappa shape index (κ1) is 17.3. The van der Waals surface area contributed by atoms with Crippen LogP contribution in [0.2, 0.25) is 15.1 Å². The summed E-state index contributed by atoms with van der Waals surface area (Å²) in [4.78, 5) is 12.1. The number of rotatable bonds is 5. The van der Waals surface area contributed by atoms with Gasteiger partial charge >= 0.3 is 0 Å². The molecule has 0 aliphatic heterocycles. The molecule has 0 bridgehead atoms. The monoisotopic (exact) mass is 398 g/mol. The summed E-state index contributed by atoms with van der Waals surface area (Å²) < 4.78 is 5.54. The lowest BCUT2D eigenvalue weighted by molar-refractivity contribution is 0.102. The van der Waals surface area contributed by atoms with Gasteiger partial charge in [-0.05, 0) is 42.5 Å². The highest BCUT2D eigenvalue weighted by Crippen LogP contribution is 2.31. The van der Waals surface area contributed by atoms with Crippen LogP contribution in [0.4, 0.5) is 0 Å².